The van der Waals surface area contributed by atoms with E-state index in [4.69, 9.17) is 0 Å². The first-order chi connectivity index (χ1) is 8.65. The lowest BCUT2D eigenvalue weighted by atomic mass is 10.1. The Kier molecular flexibility index (Phi) is 4.05. The highest BCUT2D eigenvalue weighted by molar-refractivity contribution is 5.20. The Morgan fingerprint density at radius 2 is 2.11 bits per heavy atom. The van der Waals surface area contributed by atoms with Gasteiger partial charge >= 0.3 is 0 Å². The summed E-state index contributed by atoms with van der Waals surface area (Å²) >= 11 is 0. The van der Waals surface area contributed by atoms with Gasteiger partial charge in [0, 0.05) is 24.5 Å². The van der Waals surface area contributed by atoms with Crippen molar-refractivity contribution in [3.8, 4) is 0 Å². The standard InChI is InChI=1S/C15H17FN2/c1-11-6-7-13(9-17-11)10-18-12(2)14-4-3-5-15(16)8-14/h3-9,12,18H,10H2,1-2H3/t12-/m0/s1. The van der Waals surface area contributed by atoms with Gasteiger partial charge in [-0.05, 0) is 43.2 Å². The molecule has 0 aliphatic heterocycles. The highest BCUT2D eigenvalue weighted by Crippen LogP contribution is 2.14. The molecule has 0 saturated carbocycles. The summed E-state index contributed by atoms with van der Waals surface area (Å²) in [5.74, 6) is -0.196. The first-order valence-electron chi connectivity index (χ1n) is 6.05. The number of pyridine rings is 1. The van der Waals surface area contributed by atoms with Crippen molar-refractivity contribution in [2.75, 3.05) is 0 Å². The minimum atomic E-state index is -0.196. The van der Waals surface area contributed by atoms with Crippen LogP contribution < -0.4 is 5.32 Å². The minimum Gasteiger partial charge on any atom is -0.306 e. The van der Waals surface area contributed by atoms with Crippen molar-refractivity contribution in [1.82, 2.24) is 10.3 Å². The van der Waals surface area contributed by atoms with Crippen LogP contribution >= 0.6 is 0 Å². The van der Waals surface area contributed by atoms with Crippen molar-refractivity contribution in [2.24, 2.45) is 0 Å². The lowest BCUT2D eigenvalue weighted by Gasteiger charge is -2.14. The van der Waals surface area contributed by atoms with E-state index >= 15 is 0 Å². The van der Waals surface area contributed by atoms with Crippen LogP contribution in [0.15, 0.2) is 42.6 Å². The fraction of sp³-hybridized carbons (Fsp3) is 0.267. The van der Waals surface area contributed by atoms with E-state index in [1.807, 2.05) is 38.2 Å². The van der Waals surface area contributed by atoms with Crippen LogP contribution in [0.25, 0.3) is 0 Å². The van der Waals surface area contributed by atoms with Crippen LogP contribution in [0.5, 0.6) is 0 Å². The molecule has 0 saturated heterocycles. The van der Waals surface area contributed by atoms with Crippen molar-refractivity contribution in [2.45, 2.75) is 26.4 Å². The number of benzene rings is 1. The van der Waals surface area contributed by atoms with Crippen molar-refractivity contribution >= 4 is 0 Å². The zero-order valence-electron chi connectivity index (χ0n) is 10.7. The summed E-state index contributed by atoms with van der Waals surface area (Å²) in [7, 11) is 0. The molecule has 1 N–H and O–H groups in total. The maximum atomic E-state index is 13.1. The minimum absolute atomic E-state index is 0.113. The van der Waals surface area contributed by atoms with Crippen molar-refractivity contribution < 1.29 is 4.39 Å². The van der Waals surface area contributed by atoms with Crippen molar-refractivity contribution in [1.29, 1.82) is 0 Å². The molecule has 0 bridgehead atoms. The second-order valence-corrected chi connectivity index (χ2v) is 4.47. The van der Waals surface area contributed by atoms with Crippen molar-refractivity contribution in [3.63, 3.8) is 0 Å². The third-order valence-corrected chi connectivity index (χ3v) is 2.93. The molecular weight excluding hydrogens is 227 g/mol. The largest absolute Gasteiger partial charge is 0.306 e. The molecule has 3 heteroatoms. The van der Waals surface area contributed by atoms with Crippen LogP contribution in [0.4, 0.5) is 4.39 Å². The normalized spacial score (nSPS) is 12.4. The molecule has 2 nitrogen and oxygen atoms in total. The number of aryl methyl sites for hydroxylation is 1. The Balaban J connectivity index is 1.96. The van der Waals surface area contributed by atoms with Gasteiger partial charge in [-0.2, -0.15) is 0 Å². The highest BCUT2D eigenvalue weighted by atomic mass is 19.1. The van der Waals surface area contributed by atoms with Crippen LogP contribution in [-0.2, 0) is 6.54 Å². The summed E-state index contributed by atoms with van der Waals surface area (Å²) in [4.78, 5) is 4.24. The SMILES string of the molecule is Cc1ccc(CN[C@@H](C)c2cccc(F)c2)cn1. The maximum Gasteiger partial charge on any atom is 0.123 e. The number of hydrogen-bond donors (Lipinski definition) is 1. The van der Waals surface area contributed by atoms with E-state index in [1.54, 1.807) is 12.1 Å². The van der Waals surface area contributed by atoms with Gasteiger partial charge in [0.05, 0.1) is 0 Å². The average Bonchev–Trinajstić information content (AvgIpc) is 2.38. The zero-order chi connectivity index (χ0) is 13.0. The van der Waals surface area contributed by atoms with Crippen LogP contribution in [-0.4, -0.2) is 4.98 Å². The quantitative estimate of drug-likeness (QED) is 0.891. The van der Waals surface area contributed by atoms with Crippen LogP contribution in [0, 0.1) is 12.7 Å². The van der Waals surface area contributed by atoms with E-state index in [9.17, 15) is 4.39 Å². The van der Waals surface area contributed by atoms with Gasteiger partial charge in [-0.25, -0.2) is 4.39 Å². The molecule has 94 valence electrons. The van der Waals surface area contributed by atoms with Gasteiger partial charge in [-0.15, -0.1) is 0 Å². The second kappa shape index (κ2) is 5.74. The van der Waals surface area contributed by atoms with Gasteiger partial charge in [0.25, 0.3) is 0 Å². The Morgan fingerprint density at radius 3 is 2.78 bits per heavy atom. The van der Waals surface area contributed by atoms with E-state index in [0.29, 0.717) is 0 Å². The van der Waals surface area contributed by atoms with Gasteiger partial charge in [-0.3, -0.25) is 4.98 Å². The highest BCUT2D eigenvalue weighted by Gasteiger charge is 2.05. The van der Waals surface area contributed by atoms with E-state index < -0.39 is 0 Å². The van der Waals surface area contributed by atoms with Gasteiger partial charge < -0.3 is 5.32 Å². The zero-order valence-corrected chi connectivity index (χ0v) is 10.7. The molecule has 1 aromatic heterocycles. The molecular formula is C15H17FN2. The Morgan fingerprint density at radius 1 is 1.28 bits per heavy atom. The topological polar surface area (TPSA) is 24.9 Å². The number of aromatic nitrogens is 1. The summed E-state index contributed by atoms with van der Waals surface area (Å²) in [6, 6.07) is 10.8. The second-order valence-electron chi connectivity index (χ2n) is 4.47. The summed E-state index contributed by atoms with van der Waals surface area (Å²) in [5.41, 5.74) is 3.09. The molecule has 1 aromatic carbocycles. The average molecular weight is 244 g/mol. The fourth-order valence-electron chi connectivity index (χ4n) is 1.77. The first kappa shape index (κ1) is 12.7. The lowest BCUT2D eigenvalue weighted by Crippen LogP contribution is -2.18. The summed E-state index contributed by atoms with van der Waals surface area (Å²) in [6.07, 6.45) is 1.86. The fourth-order valence-corrected chi connectivity index (χ4v) is 1.77. The summed E-state index contributed by atoms with van der Waals surface area (Å²) in [6.45, 7) is 4.72. The predicted molar refractivity (Wildman–Crippen MR) is 70.6 cm³/mol. The first-order valence-corrected chi connectivity index (χ1v) is 6.05. The monoisotopic (exact) mass is 244 g/mol. The maximum absolute atomic E-state index is 13.1. The molecule has 0 amide bonds. The molecule has 0 fully saturated rings. The molecule has 0 radical (unpaired) electrons. The molecule has 1 atom stereocenters. The number of nitrogens with zero attached hydrogens (tertiary/aromatic N) is 1. The molecule has 0 aliphatic rings. The summed E-state index contributed by atoms with van der Waals surface area (Å²) in [5, 5.41) is 3.36. The Labute approximate surface area is 107 Å². The van der Waals surface area contributed by atoms with Crippen LogP contribution in [0.1, 0.15) is 29.8 Å². The van der Waals surface area contributed by atoms with Crippen LogP contribution in [0.2, 0.25) is 0 Å². The Bertz CT molecular complexity index is 508. The molecule has 18 heavy (non-hydrogen) atoms. The van der Waals surface area contributed by atoms with Gasteiger partial charge in [-0.1, -0.05) is 18.2 Å². The number of rotatable bonds is 4. The third kappa shape index (κ3) is 3.37. The van der Waals surface area contributed by atoms with Crippen LogP contribution in [0.3, 0.4) is 0 Å². The lowest BCUT2D eigenvalue weighted by molar-refractivity contribution is 0.564. The molecule has 0 aliphatic carbocycles. The molecule has 2 aromatic rings. The number of hydrogen-bond acceptors (Lipinski definition) is 2. The van der Waals surface area contributed by atoms with E-state index in [-0.39, 0.29) is 11.9 Å². The smallest absolute Gasteiger partial charge is 0.123 e. The molecule has 0 spiro atoms. The van der Waals surface area contributed by atoms with E-state index in [1.165, 1.54) is 6.07 Å². The van der Waals surface area contributed by atoms with Crippen molar-refractivity contribution in [3.05, 3.63) is 65.2 Å². The molecule has 1 heterocycles. The summed E-state index contributed by atoms with van der Waals surface area (Å²) < 4.78 is 13.1. The van der Waals surface area contributed by atoms with Gasteiger partial charge in [0.2, 0.25) is 0 Å². The predicted octanol–water partition coefficient (Wildman–Crippen LogP) is 3.38. The van der Waals surface area contributed by atoms with Gasteiger partial charge in [0.15, 0.2) is 0 Å². The molecule has 2 rings (SSSR count). The Hall–Kier alpha value is -1.74. The number of halogens is 1. The third-order valence-electron chi connectivity index (χ3n) is 2.93. The molecule has 0 unspecified atom stereocenters. The van der Waals surface area contributed by atoms with E-state index in [2.05, 4.69) is 10.3 Å². The van der Waals surface area contributed by atoms with Gasteiger partial charge in [0.1, 0.15) is 5.82 Å². The van der Waals surface area contributed by atoms with E-state index in [0.717, 1.165) is 23.4 Å². The number of nitrogens with one attached hydrogen (secondary N) is 1.